The largest absolute Gasteiger partial charge is 0.309 e. The first kappa shape index (κ1) is 18.3. The highest BCUT2D eigenvalue weighted by molar-refractivity contribution is 8.00. The van der Waals surface area contributed by atoms with Crippen molar-refractivity contribution in [3.63, 3.8) is 0 Å². The lowest BCUT2D eigenvalue weighted by atomic mass is 10.1. The van der Waals surface area contributed by atoms with E-state index in [1.54, 1.807) is 12.1 Å². The molecule has 4 nitrogen and oxygen atoms in total. The SMILES string of the molecule is Cc1ccn2c(NC(=O)CSc3ccccc3)c(-c3ccc(F)cc3)nc2c1. The molecule has 0 atom stereocenters. The normalized spacial score (nSPS) is 10.9. The summed E-state index contributed by atoms with van der Waals surface area (Å²) in [5, 5.41) is 2.98. The number of halogens is 1. The Balaban J connectivity index is 1.65. The molecule has 140 valence electrons. The molecule has 6 heteroatoms. The molecule has 1 N–H and O–H groups in total. The average molecular weight is 391 g/mol. The van der Waals surface area contributed by atoms with Crippen molar-refractivity contribution in [2.24, 2.45) is 0 Å². The van der Waals surface area contributed by atoms with Gasteiger partial charge in [0, 0.05) is 16.7 Å². The molecule has 0 bridgehead atoms. The summed E-state index contributed by atoms with van der Waals surface area (Å²) in [5.41, 5.74) is 3.16. The van der Waals surface area contributed by atoms with Gasteiger partial charge in [-0.05, 0) is 61.0 Å². The molecule has 0 radical (unpaired) electrons. The molecular weight excluding hydrogens is 373 g/mol. The Labute approximate surface area is 166 Å². The van der Waals surface area contributed by atoms with Gasteiger partial charge in [-0.3, -0.25) is 9.20 Å². The lowest BCUT2D eigenvalue weighted by Gasteiger charge is -2.08. The van der Waals surface area contributed by atoms with Crippen LogP contribution in [0.1, 0.15) is 5.56 Å². The van der Waals surface area contributed by atoms with Crippen LogP contribution in [0.2, 0.25) is 0 Å². The van der Waals surface area contributed by atoms with Crippen molar-refractivity contribution in [1.82, 2.24) is 9.38 Å². The number of carbonyl (C=O) groups is 1. The molecule has 0 saturated heterocycles. The Morgan fingerprint density at radius 1 is 1.11 bits per heavy atom. The zero-order valence-corrected chi connectivity index (χ0v) is 16.0. The summed E-state index contributed by atoms with van der Waals surface area (Å²) < 4.78 is 15.2. The number of pyridine rings is 1. The standard InChI is InChI=1S/C22H18FN3OS/c1-15-11-12-26-19(13-15)24-21(16-7-9-17(23)10-8-16)22(26)25-20(27)14-28-18-5-3-2-4-6-18/h2-13H,14H2,1H3,(H,25,27). The molecular formula is C22H18FN3OS. The molecule has 0 fully saturated rings. The lowest BCUT2D eigenvalue weighted by Crippen LogP contribution is -2.16. The quantitative estimate of drug-likeness (QED) is 0.477. The average Bonchev–Trinajstić information content (AvgIpc) is 3.05. The third kappa shape index (κ3) is 3.92. The molecule has 2 aromatic heterocycles. The van der Waals surface area contributed by atoms with Gasteiger partial charge in [-0.25, -0.2) is 9.37 Å². The van der Waals surface area contributed by atoms with E-state index in [0.29, 0.717) is 11.5 Å². The van der Waals surface area contributed by atoms with E-state index in [4.69, 9.17) is 0 Å². The van der Waals surface area contributed by atoms with Crippen LogP contribution in [0.3, 0.4) is 0 Å². The van der Waals surface area contributed by atoms with Crippen molar-refractivity contribution in [3.8, 4) is 11.3 Å². The molecule has 4 rings (SSSR count). The number of nitrogens with zero attached hydrogens (tertiary/aromatic N) is 2. The van der Waals surface area contributed by atoms with Crippen molar-refractivity contribution < 1.29 is 9.18 Å². The monoisotopic (exact) mass is 391 g/mol. The van der Waals surface area contributed by atoms with Gasteiger partial charge in [0.15, 0.2) is 0 Å². The summed E-state index contributed by atoms with van der Waals surface area (Å²) in [6.45, 7) is 1.99. The molecule has 2 aromatic carbocycles. The van der Waals surface area contributed by atoms with Gasteiger partial charge >= 0.3 is 0 Å². The van der Waals surface area contributed by atoms with Gasteiger partial charge < -0.3 is 5.32 Å². The van der Waals surface area contributed by atoms with Gasteiger partial charge in [0.1, 0.15) is 23.0 Å². The maximum atomic E-state index is 13.3. The highest BCUT2D eigenvalue weighted by atomic mass is 32.2. The Bertz CT molecular complexity index is 1120. The van der Waals surface area contributed by atoms with Gasteiger partial charge in [-0.15, -0.1) is 11.8 Å². The van der Waals surface area contributed by atoms with Gasteiger partial charge in [0.2, 0.25) is 5.91 Å². The number of amides is 1. The third-order valence-corrected chi connectivity index (χ3v) is 5.28. The molecule has 0 unspecified atom stereocenters. The van der Waals surface area contributed by atoms with E-state index in [2.05, 4.69) is 10.3 Å². The summed E-state index contributed by atoms with van der Waals surface area (Å²) in [4.78, 5) is 18.3. The van der Waals surface area contributed by atoms with Crippen LogP contribution in [0.25, 0.3) is 16.9 Å². The number of carbonyl (C=O) groups excluding carboxylic acids is 1. The number of aryl methyl sites for hydroxylation is 1. The van der Waals surface area contributed by atoms with Crippen molar-refractivity contribution in [2.45, 2.75) is 11.8 Å². The van der Waals surface area contributed by atoms with Crippen LogP contribution in [0.5, 0.6) is 0 Å². The highest BCUT2D eigenvalue weighted by Crippen LogP contribution is 2.29. The summed E-state index contributed by atoms with van der Waals surface area (Å²) in [6.07, 6.45) is 1.88. The summed E-state index contributed by atoms with van der Waals surface area (Å²) in [5.74, 6) is 0.430. The first-order chi connectivity index (χ1) is 13.6. The van der Waals surface area contributed by atoms with E-state index in [1.165, 1.54) is 23.9 Å². The molecule has 0 spiro atoms. The zero-order valence-electron chi connectivity index (χ0n) is 15.2. The van der Waals surface area contributed by atoms with Crippen molar-refractivity contribution >= 4 is 29.1 Å². The van der Waals surface area contributed by atoms with Crippen LogP contribution in [-0.4, -0.2) is 21.0 Å². The second kappa shape index (κ2) is 7.86. The van der Waals surface area contributed by atoms with E-state index in [1.807, 2.05) is 60.0 Å². The number of thioether (sulfide) groups is 1. The number of hydrogen-bond donors (Lipinski definition) is 1. The molecule has 0 saturated carbocycles. The Morgan fingerprint density at radius 3 is 2.61 bits per heavy atom. The molecule has 1 amide bonds. The number of aromatic nitrogens is 2. The number of anilines is 1. The number of benzene rings is 2. The highest BCUT2D eigenvalue weighted by Gasteiger charge is 2.17. The third-order valence-electron chi connectivity index (χ3n) is 4.27. The number of hydrogen-bond acceptors (Lipinski definition) is 3. The first-order valence-corrected chi connectivity index (χ1v) is 9.81. The summed E-state index contributed by atoms with van der Waals surface area (Å²) in [6, 6.07) is 19.8. The molecule has 28 heavy (non-hydrogen) atoms. The van der Waals surface area contributed by atoms with Gasteiger partial charge in [-0.2, -0.15) is 0 Å². The van der Waals surface area contributed by atoms with Crippen LogP contribution in [0, 0.1) is 12.7 Å². The van der Waals surface area contributed by atoms with Crippen molar-refractivity contribution in [3.05, 3.63) is 84.3 Å². The summed E-state index contributed by atoms with van der Waals surface area (Å²) >= 11 is 1.47. The minimum absolute atomic E-state index is 0.125. The molecule has 0 aliphatic carbocycles. The van der Waals surface area contributed by atoms with E-state index in [0.717, 1.165) is 21.7 Å². The number of imidazole rings is 1. The minimum atomic E-state index is -0.312. The smallest absolute Gasteiger partial charge is 0.235 e. The fourth-order valence-electron chi connectivity index (χ4n) is 2.91. The van der Waals surface area contributed by atoms with Crippen LogP contribution in [0.4, 0.5) is 10.2 Å². The van der Waals surface area contributed by atoms with Gasteiger partial charge in [0.05, 0.1) is 5.75 Å². The topological polar surface area (TPSA) is 46.4 Å². The predicted molar refractivity (Wildman–Crippen MR) is 111 cm³/mol. The van der Waals surface area contributed by atoms with Crippen molar-refractivity contribution in [1.29, 1.82) is 0 Å². The Hall–Kier alpha value is -3.12. The van der Waals surface area contributed by atoms with Crippen LogP contribution in [0.15, 0.2) is 77.8 Å². The predicted octanol–water partition coefficient (Wildman–Crippen LogP) is 5.18. The van der Waals surface area contributed by atoms with Crippen LogP contribution in [-0.2, 0) is 4.79 Å². The fourth-order valence-corrected chi connectivity index (χ4v) is 3.63. The summed E-state index contributed by atoms with van der Waals surface area (Å²) in [7, 11) is 0. The second-order valence-electron chi connectivity index (χ2n) is 6.40. The number of rotatable bonds is 5. The molecule has 0 aliphatic rings. The maximum absolute atomic E-state index is 13.3. The fraction of sp³-hybridized carbons (Fsp3) is 0.0909. The number of nitrogens with one attached hydrogen (secondary N) is 1. The minimum Gasteiger partial charge on any atom is -0.309 e. The van der Waals surface area contributed by atoms with E-state index in [-0.39, 0.29) is 17.5 Å². The lowest BCUT2D eigenvalue weighted by molar-refractivity contribution is -0.113. The molecule has 2 heterocycles. The zero-order chi connectivity index (χ0) is 19.5. The second-order valence-corrected chi connectivity index (χ2v) is 7.45. The van der Waals surface area contributed by atoms with E-state index in [9.17, 15) is 9.18 Å². The molecule has 0 aliphatic heterocycles. The van der Waals surface area contributed by atoms with Crippen LogP contribution < -0.4 is 5.32 Å². The first-order valence-electron chi connectivity index (χ1n) is 8.82. The van der Waals surface area contributed by atoms with E-state index < -0.39 is 0 Å². The maximum Gasteiger partial charge on any atom is 0.235 e. The van der Waals surface area contributed by atoms with Crippen LogP contribution >= 0.6 is 11.8 Å². The Morgan fingerprint density at radius 2 is 1.86 bits per heavy atom. The van der Waals surface area contributed by atoms with Crippen molar-refractivity contribution in [2.75, 3.05) is 11.1 Å². The number of fused-ring (bicyclic) bond motifs is 1. The Kier molecular flexibility index (Phi) is 5.12. The molecule has 4 aromatic rings. The van der Waals surface area contributed by atoms with E-state index >= 15 is 0 Å². The van der Waals surface area contributed by atoms with Gasteiger partial charge in [0.25, 0.3) is 0 Å². The van der Waals surface area contributed by atoms with Gasteiger partial charge in [-0.1, -0.05) is 18.2 Å².